The molecule has 0 saturated heterocycles. The van der Waals surface area contributed by atoms with Gasteiger partial charge in [0.25, 0.3) is 0 Å². The summed E-state index contributed by atoms with van der Waals surface area (Å²) in [6, 6.07) is 4.29. The lowest BCUT2D eigenvalue weighted by molar-refractivity contribution is -0.132. The van der Waals surface area contributed by atoms with Crippen LogP contribution in [0.3, 0.4) is 0 Å². The third kappa shape index (κ3) is 3.91. The predicted molar refractivity (Wildman–Crippen MR) is 79.9 cm³/mol. The maximum atomic E-state index is 12.4. The van der Waals surface area contributed by atoms with Crippen molar-refractivity contribution in [1.82, 2.24) is 4.90 Å². The molecule has 1 aromatic rings. The summed E-state index contributed by atoms with van der Waals surface area (Å²) in [6.45, 7) is 5.04. The third-order valence-electron chi connectivity index (χ3n) is 3.78. The van der Waals surface area contributed by atoms with E-state index in [0.29, 0.717) is 25.4 Å². The summed E-state index contributed by atoms with van der Waals surface area (Å²) < 4.78 is 0. The van der Waals surface area contributed by atoms with E-state index >= 15 is 0 Å². The smallest absolute Gasteiger partial charge is 0.223 e. The molecule has 4 heteroatoms. The molecule has 0 aliphatic heterocycles. The Morgan fingerprint density at radius 3 is 3.00 bits per heavy atom. The molecular formula is C15H22N2OS. The van der Waals surface area contributed by atoms with Gasteiger partial charge < -0.3 is 10.6 Å². The Kier molecular flexibility index (Phi) is 5.16. The van der Waals surface area contributed by atoms with E-state index in [1.807, 2.05) is 16.3 Å². The Morgan fingerprint density at radius 2 is 2.42 bits per heavy atom. The van der Waals surface area contributed by atoms with Gasteiger partial charge in [0.1, 0.15) is 0 Å². The van der Waals surface area contributed by atoms with Crippen molar-refractivity contribution in [2.75, 3.05) is 6.54 Å². The van der Waals surface area contributed by atoms with Crippen LogP contribution in [-0.2, 0) is 11.3 Å². The molecule has 2 atom stereocenters. The normalized spacial score (nSPS) is 22.4. The second-order valence-corrected chi connectivity index (χ2v) is 6.23. The van der Waals surface area contributed by atoms with E-state index in [1.165, 1.54) is 4.88 Å². The average molecular weight is 278 g/mol. The first-order chi connectivity index (χ1) is 9.20. The maximum Gasteiger partial charge on any atom is 0.223 e. The summed E-state index contributed by atoms with van der Waals surface area (Å²) >= 11 is 1.68. The zero-order chi connectivity index (χ0) is 13.7. The second-order valence-electron chi connectivity index (χ2n) is 5.20. The number of nitrogens with zero attached hydrogens (tertiary/aromatic N) is 1. The molecule has 104 valence electrons. The lowest BCUT2D eigenvalue weighted by Crippen LogP contribution is -2.35. The van der Waals surface area contributed by atoms with Gasteiger partial charge in [0, 0.05) is 23.9 Å². The molecule has 0 radical (unpaired) electrons. The number of hydrogen-bond acceptors (Lipinski definition) is 3. The van der Waals surface area contributed by atoms with Crippen LogP contribution in [-0.4, -0.2) is 23.4 Å². The summed E-state index contributed by atoms with van der Waals surface area (Å²) in [5.74, 6) is 0.568. The Labute approximate surface area is 119 Å². The van der Waals surface area contributed by atoms with Crippen LogP contribution in [0.2, 0.25) is 0 Å². The van der Waals surface area contributed by atoms with E-state index in [-0.39, 0.29) is 11.9 Å². The summed E-state index contributed by atoms with van der Waals surface area (Å²) in [4.78, 5) is 15.5. The van der Waals surface area contributed by atoms with Crippen LogP contribution in [0, 0.1) is 5.92 Å². The van der Waals surface area contributed by atoms with Crippen molar-refractivity contribution in [3.05, 3.63) is 35.0 Å². The summed E-state index contributed by atoms with van der Waals surface area (Å²) in [6.07, 6.45) is 5.68. The quantitative estimate of drug-likeness (QED) is 0.813. The minimum atomic E-state index is 0.204. The number of carbonyl (C=O) groups is 1. The Hall–Kier alpha value is -1.13. The monoisotopic (exact) mass is 278 g/mol. The number of carbonyl (C=O) groups excluding carboxylic acids is 1. The molecule has 2 N–H and O–H groups in total. The minimum absolute atomic E-state index is 0.204. The molecule has 1 amide bonds. The molecule has 0 bridgehead atoms. The topological polar surface area (TPSA) is 46.3 Å². The second kappa shape index (κ2) is 6.87. The van der Waals surface area contributed by atoms with Crippen molar-refractivity contribution in [3.63, 3.8) is 0 Å². The van der Waals surface area contributed by atoms with Crippen molar-refractivity contribution >= 4 is 17.2 Å². The molecule has 1 heterocycles. The average Bonchev–Trinajstić information content (AvgIpc) is 3.02. The largest absolute Gasteiger partial charge is 0.334 e. The molecule has 1 fully saturated rings. The molecule has 3 nitrogen and oxygen atoms in total. The number of hydrogen-bond donors (Lipinski definition) is 1. The molecule has 1 aliphatic carbocycles. The van der Waals surface area contributed by atoms with E-state index in [0.717, 1.165) is 19.3 Å². The number of nitrogens with two attached hydrogens (primary N) is 1. The minimum Gasteiger partial charge on any atom is -0.334 e. The van der Waals surface area contributed by atoms with Gasteiger partial charge in [-0.3, -0.25) is 4.79 Å². The summed E-state index contributed by atoms with van der Waals surface area (Å²) in [7, 11) is 0. The van der Waals surface area contributed by atoms with Gasteiger partial charge in [0.05, 0.1) is 6.54 Å². The van der Waals surface area contributed by atoms with Crippen molar-refractivity contribution in [2.24, 2.45) is 11.7 Å². The van der Waals surface area contributed by atoms with Crippen LogP contribution in [0.1, 0.15) is 30.6 Å². The zero-order valence-electron chi connectivity index (χ0n) is 11.3. The molecule has 1 aliphatic rings. The fourth-order valence-corrected chi connectivity index (χ4v) is 3.39. The molecule has 19 heavy (non-hydrogen) atoms. The predicted octanol–water partition coefficient (Wildman–Crippen LogP) is 2.78. The lowest BCUT2D eigenvalue weighted by Gasteiger charge is -2.23. The van der Waals surface area contributed by atoms with Crippen LogP contribution in [0.25, 0.3) is 0 Å². The molecule has 1 aromatic heterocycles. The first-order valence-electron chi connectivity index (χ1n) is 6.87. The van der Waals surface area contributed by atoms with E-state index in [4.69, 9.17) is 5.73 Å². The Balaban J connectivity index is 1.93. The van der Waals surface area contributed by atoms with Gasteiger partial charge in [0.2, 0.25) is 5.91 Å². The van der Waals surface area contributed by atoms with Crippen LogP contribution >= 0.6 is 11.3 Å². The van der Waals surface area contributed by atoms with Gasteiger partial charge in [-0.25, -0.2) is 0 Å². The van der Waals surface area contributed by atoms with Crippen molar-refractivity contribution in [1.29, 1.82) is 0 Å². The fourth-order valence-electron chi connectivity index (χ4n) is 2.67. The fraction of sp³-hybridized carbons (Fsp3) is 0.533. The van der Waals surface area contributed by atoms with E-state index in [2.05, 4.69) is 12.6 Å². The van der Waals surface area contributed by atoms with Gasteiger partial charge in [-0.05, 0) is 30.2 Å². The summed E-state index contributed by atoms with van der Waals surface area (Å²) in [5, 5.41) is 2.04. The highest BCUT2D eigenvalue weighted by Crippen LogP contribution is 2.27. The van der Waals surface area contributed by atoms with E-state index in [1.54, 1.807) is 17.4 Å². The Morgan fingerprint density at radius 1 is 1.58 bits per heavy atom. The highest BCUT2D eigenvalue weighted by molar-refractivity contribution is 7.09. The highest BCUT2D eigenvalue weighted by atomic mass is 32.1. The number of thiophene rings is 1. The molecule has 2 rings (SSSR count). The van der Waals surface area contributed by atoms with Crippen LogP contribution in [0.4, 0.5) is 0 Å². The van der Waals surface area contributed by atoms with E-state index in [9.17, 15) is 4.79 Å². The Bertz CT molecular complexity index is 416. The maximum absolute atomic E-state index is 12.4. The highest BCUT2D eigenvalue weighted by Gasteiger charge is 2.27. The van der Waals surface area contributed by atoms with E-state index < -0.39 is 0 Å². The molecule has 0 spiro atoms. The van der Waals surface area contributed by atoms with Gasteiger partial charge in [-0.15, -0.1) is 17.9 Å². The first kappa shape index (κ1) is 14.3. The lowest BCUT2D eigenvalue weighted by atomic mass is 9.99. The van der Waals surface area contributed by atoms with Gasteiger partial charge in [-0.2, -0.15) is 0 Å². The van der Waals surface area contributed by atoms with Crippen molar-refractivity contribution in [2.45, 2.75) is 38.3 Å². The van der Waals surface area contributed by atoms with Gasteiger partial charge in [-0.1, -0.05) is 18.6 Å². The standard InChI is InChI=1S/C15H22N2OS/c1-2-8-17(11-13-6-4-9-19-13)15(18)10-12-5-3-7-14(12)16/h2,4,6,9,12,14H,1,3,5,7-8,10-11,16H2/t12-,14+/m0/s1. The molecule has 1 saturated carbocycles. The third-order valence-corrected chi connectivity index (χ3v) is 4.64. The van der Waals surface area contributed by atoms with Crippen molar-refractivity contribution in [3.8, 4) is 0 Å². The van der Waals surface area contributed by atoms with Crippen molar-refractivity contribution < 1.29 is 4.79 Å². The van der Waals surface area contributed by atoms with Crippen LogP contribution in [0.15, 0.2) is 30.2 Å². The molecular weight excluding hydrogens is 256 g/mol. The summed E-state index contributed by atoms with van der Waals surface area (Å²) in [5.41, 5.74) is 6.05. The molecule has 0 unspecified atom stereocenters. The number of amides is 1. The van der Waals surface area contributed by atoms with Gasteiger partial charge >= 0.3 is 0 Å². The molecule has 0 aromatic carbocycles. The zero-order valence-corrected chi connectivity index (χ0v) is 12.1. The van der Waals surface area contributed by atoms with Crippen LogP contribution < -0.4 is 5.73 Å². The first-order valence-corrected chi connectivity index (χ1v) is 7.75. The number of rotatable bonds is 6. The van der Waals surface area contributed by atoms with Gasteiger partial charge in [0.15, 0.2) is 0 Å². The van der Waals surface area contributed by atoms with Crippen LogP contribution in [0.5, 0.6) is 0 Å². The SMILES string of the molecule is C=CCN(Cc1cccs1)C(=O)C[C@@H]1CCC[C@H]1N.